The van der Waals surface area contributed by atoms with Crippen molar-refractivity contribution >= 4 is 28.2 Å². The number of nitrogens with one attached hydrogen (secondary N) is 1. The first-order valence-corrected chi connectivity index (χ1v) is 11.0. The SMILES string of the molecule is CC1(C)CC2CC(C)(CN2CC(=O)Nc2sc3c(c2C(N)=O)CCCC3)C1. The molecule has 2 fully saturated rings. The average molecular weight is 390 g/mol. The number of anilines is 1. The molecule has 0 aromatic carbocycles. The number of hydrogen-bond donors (Lipinski definition) is 2. The van der Waals surface area contributed by atoms with Gasteiger partial charge in [0, 0.05) is 17.5 Å². The van der Waals surface area contributed by atoms with E-state index >= 15 is 0 Å². The van der Waals surface area contributed by atoms with Crippen molar-refractivity contribution in [2.24, 2.45) is 16.6 Å². The lowest BCUT2D eigenvalue weighted by Crippen LogP contribution is -2.38. The van der Waals surface area contributed by atoms with Crippen LogP contribution in [0, 0.1) is 10.8 Å². The van der Waals surface area contributed by atoms with Gasteiger partial charge in [0.1, 0.15) is 5.00 Å². The summed E-state index contributed by atoms with van der Waals surface area (Å²) in [6, 6.07) is 0.483. The second-order valence-corrected chi connectivity index (χ2v) is 11.1. The Kier molecular flexibility index (Phi) is 4.62. The standard InChI is InChI=1S/C21H31N3O2S/c1-20(2)8-13-9-21(3,11-20)12-24(13)10-16(25)23-19-17(18(22)26)14-6-4-5-7-15(14)27-19/h13H,4-12H2,1-3H3,(H2,22,26)(H,23,25). The Bertz CT molecular complexity index is 785. The number of likely N-dealkylation sites (tertiary alicyclic amines) is 1. The van der Waals surface area contributed by atoms with E-state index in [1.165, 1.54) is 17.7 Å². The second-order valence-electron chi connectivity index (χ2n) is 9.95. The lowest BCUT2D eigenvalue weighted by molar-refractivity contribution is -0.117. The highest BCUT2D eigenvalue weighted by Crippen LogP contribution is 2.52. The summed E-state index contributed by atoms with van der Waals surface area (Å²) in [7, 11) is 0. The number of nitrogens with two attached hydrogens (primary N) is 1. The molecule has 6 heteroatoms. The molecular formula is C21H31N3O2S. The zero-order valence-corrected chi connectivity index (χ0v) is 17.5. The quantitative estimate of drug-likeness (QED) is 0.827. The normalized spacial score (nSPS) is 29.4. The average Bonchev–Trinajstić information content (AvgIpc) is 3.00. The van der Waals surface area contributed by atoms with Gasteiger partial charge in [-0.1, -0.05) is 20.8 Å². The van der Waals surface area contributed by atoms with E-state index in [1.54, 1.807) is 11.3 Å². The van der Waals surface area contributed by atoms with Crippen molar-refractivity contribution in [1.29, 1.82) is 0 Å². The van der Waals surface area contributed by atoms with Gasteiger partial charge in [0.2, 0.25) is 5.91 Å². The minimum absolute atomic E-state index is 0.0231. The van der Waals surface area contributed by atoms with Gasteiger partial charge in [-0.2, -0.15) is 0 Å². The molecule has 4 rings (SSSR count). The summed E-state index contributed by atoms with van der Waals surface area (Å²) in [4.78, 5) is 28.4. The van der Waals surface area contributed by atoms with E-state index < -0.39 is 5.91 Å². The molecule has 2 aliphatic carbocycles. The third-order valence-corrected chi connectivity index (χ3v) is 7.75. The largest absolute Gasteiger partial charge is 0.365 e. The smallest absolute Gasteiger partial charge is 0.251 e. The molecule has 148 valence electrons. The van der Waals surface area contributed by atoms with Crippen molar-refractivity contribution < 1.29 is 9.59 Å². The fourth-order valence-corrected chi connectivity index (χ4v) is 7.34. The number of amides is 2. The summed E-state index contributed by atoms with van der Waals surface area (Å²) in [6.45, 7) is 8.43. The highest BCUT2D eigenvalue weighted by Gasteiger charge is 2.49. The maximum Gasteiger partial charge on any atom is 0.251 e. The molecule has 0 spiro atoms. The molecule has 1 saturated heterocycles. The van der Waals surface area contributed by atoms with Gasteiger partial charge in [0.15, 0.2) is 0 Å². The molecule has 2 bridgehead atoms. The van der Waals surface area contributed by atoms with Crippen LogP contribution in [0.15, 0.2) is 0 Å². The van der Waals surface area contributed by atoms with E-state index in [-0.39, 0.29) is 5.91 Å². The van der Waals surface area contributed by atoms with Crippen molar-refractivity contribution in [2.45, 2.75) is 71.8 Å². The zero-order chi connectivity index (χ0) is 19.4. The topological polar surface area (TPSA) is 75.4 Å². The van der Waals surface area contributed by atoms with Crippen LogP contribution >= 0.6 is 11.3 Å². The highest BCUT2D eigenvalue weighted by molar-refractivity contribution is 7.17. The summed E-state index contributed by atoms with van der Waals surface area (Å²) in [5.41, 5.74) is 7.92. The number of rotatable bonds is 4. The molecule has 3 aliphatic rings. The van der Waals surface area contributed by atoms with Gasteiger partial charge in [-0.05, 0) is 61.3 Å². The molecule has 1 aliphatic heterocycles. The van der Waals surface area contributed by atoms with Gasteiger partial charge in [-0.15, -0.1) is 11.3 Å². The van der Waals surface area contributed by atoms with Gasteiger partial charge < -0.3 is 11.1 Å². The summed E-state index contributed by atoms with van der Waals surface area (Å²) >= 11 is 1.54. The van der Waals surface area contributed by atoms with Crippen molar-refractivity contribution in [3.05, 3.63) is 16.0 Å². The van der Waals surface area contributed by atoms with Crippen molar-refractivity contribution in [3.63, 3.8) is 0 Å². The van der Waals surface area contributed by atoms with Crippen molar-refractivity contribution in [2.75, 3.05) is 18.4 Å². The van der Waals surface area contributed by atoms with E-state index in [4.69, 9.17) is 5.73 Å². The Labute approximate surface area is 165 Å². The molecule has 0 radical (unpaired) electrons. The number of carbonyl (C=O) groups is 2. The fourth-order valence-electron chi connectivity index (χ4n) is 6.03. The molecule has 2 amide bonds. The summed E-state index contributed by atoms with van der Waals surface area (Å²) in [6.07, 6.45) is 7.65. The van der Waals surface area contributed by atoms with Crippen molar-refractivity contribution in [1.82, 2.24) is 4.90 Å². The van der Waals surface area contributed by atoms with Gasteiger partial charge in [0.25, 0.3) is 5.91 Å². The van der Waals surface area contributed by atoms with Crippen LogP contribution < -0.4 is 11.1 Å². The molecule has 2 atom stereocenters. The van der Waals surface area contributed by atoms with Gasteiger partial charge >= 0.3 is 0 Å². The first-order chi connectivity index (χ1) is 12.7. The molecule has 2 heterocycles. The maximum absolute atomic E-state index is 12.8. The third-order valence-electron chi connectivity index (χ3n) is 6.54. The molecular weight excluding hydrogens is 358 g/mol. The van der Waals surface area contributed by atoms with E-state index in [2.05, 4.69) is 31.0 Å². The molecule has 1 aromatic heterocycles. The second kappa shape index (κ2) is 6.59. The van der Waals surface area contributed by atoms with E-state index in [0.717, 1.165) is 44.2 Å². The van der Waals surface area contributed by atoms with Crippen LogP contribution in [-0.2, 0) is 17.6 Å². The minimum atomic E-state index is -0.420. The van der Waals surface area contributed by atoms with Crippen LogP contribution in [0.2, 0.25) is 0 Å². The van der Waals surface area contributed by atoms with Gasteiger partial charge in [0.05, 0.1) is 12.1 Å². The fraction of sp³-hybridized carbons (Fsp3) is 0.714. The Morgan fingerprint density at radius 1 is 1.22 bits per heavy atom. The predicted molar refractivity (Wildman–Crippen MR) is 109 cm³/mol. The Morgan fingerprint density at radius 3 is 2.70 bits per heavy atom. The number of aryl methyl sites for hydroxylation is 1. The third kappa shape index (κ3) is 3.66. The molecule has 1 saturated carbocycles. The number of hydrogen-bond acceptors (Lipinski definition) is 4. The van der Waals surface area contributed by atoms with Crippen LogP contribution in [0.25, 0.3) is 0 Å². The van der Waals surface area contributed by atoms with Gasteiger partial charge in [-0.25, -0.2) is 0 Å². The Balaban J connectivity index is 1.48. The number of fused-ring (bicyclic) bond motifs is 3. The summed E-state index contributed by atoms with van der Waals surface area (Å²) in [5, 5.41) is 3.69. The van der Waals surface area contributed by atoms with Crippen LogP contribution in [-0.4, -0.2) is 35.8 Å². The lowest BCUT2D eigenvalue weighted by atomic mass is 9.65. The number of thiophene rings is 1. The highest BCUT2D eigenvalue weighted by atomic mass is 32.1. The first-order valence-electron chi connectivity index (χ1n) is 10.1. The number of carbonyl (C=O) groups excluding carboxylic acids is 2. The monoisotopic (exact) mass is 389 g/mol. The predicted octanol–water partition coefficient (Wildman–Crippen LogP) is 3.56. The molecule has 1 aromatic rings. The van der Waals surface area contributed by atoms with Crippen LogP contribution in [0.5, 0.6) is 0 Å². The Morgan fingerprint density at radius 2 is 1.96 bits per heavy atom. The lowest BCUT2D eigenvalue weighted by Gasteiger charge is -2.39. The van der Waals surface area contributed by atoms with Crippen LogP contribution in [0.1, 0.15) is 73.7 Å². The van der Waals surface area contributed by atoms with E-state index in [9.17, 15) is 9.59 Å². The van der Waals surface area contributed by atoms with Crippen LogP contribution in [0.3, 0.4) is 0 Å². The number of primary amides is 1. The first kappa shape index (κ1) is 18.9. The van der Waals surface area contributed by atoms with E-state index in [0.29, 0.717) is 34.0 Å². The molecule has 5 nitrogen and oxygen atoms in total. The van der Waals surface area contributed by atoms with Crippen LogP contribution in [0.4, 0.5) is 5.00 Å². The van der Waals surface area contributed by atoms with E-state index in [1.807, 2.05) is 0 Å². The molecule has 27 heavy (non-hydrogen) atoms. The Hall–Kier alpha value is -1.40. The van der Waals surface area contributed by atoms with Gasteiger partial charge in [-0.3, -0.25) is 14.5 Å². The maximum atomic E-state index is 12.8. The minimum Gasteiger partial charge on any atom is -0.365 e. The van der Waals surface area contributed by atoms with Crippen molar-refractivity contribution in [3.8, 4) is 0 Å². The zero-order valence-electron chi connectivity index (χ0n) is 16.7. The molecule has 2 unspecified atom stereocenters. The summed E-state index contributed by atoms with van der Waals surface area (Å²) < 4.78 is 0. The summed E-state index contributed by atoms with van der Waals surface area (Å²) in [5.74, 6) is -0.443. The molecule has 3 N–H and O–H groups in total. The number of nitrogens with zero attached hydrogens (tertiary/aromatic N) is 1.